The fraction of sp³-hybridized carbons (Fsp3) is 0.0500. The first-order chi connectivity index (χ1) is 13.1. The Balaban J connectivity index is 1.73. The van der Waals surface area contributed by atoms with Crippen molar-refractivity contribution in [1.29, 1.82) is 0 Å². The number of amides is 1. The smallest absolute Gasteiger partial charge is 0.281 e. The fourth-order valence-electron chi connectivity index (χ4n) is 2.98. The van der Waals surface area contributed by atoms with E-state index in [0.29, 0.717) is 16.9 Å². The van der Waals surface area contributed by atoms with Crippen molar-refractivity contribution in [3.05, 3.63) is 88.0 Å². The van der Waals surface area contributed by atoms with Gasteiger partial charge >= 0.3 is 0 Å². The molecule has 0 unspecified atom stereocenters. The molecule has 1 aliphatic heterocycles. The number of aromatic nitrogens is 2. The molecular weight excluding hydrogens is 360 g/mol. The van der Waals surface area contributed by atoms with E-state index in [2.05, 4.69) is 10.4 Å². The van der Waals surface area contributed by atoms with Crippen LogP contribution in [0.25, 0.3) is 11.8 Å². The highest BCUT2D eigenvalue weighted by Crippen LogP contribution is 2.22. The van der Waals surface area contributed by atoms with Gasteiger partial charge in [0.25, 0.3) is 11.5 Å². The highest BCUT2D eigenvalue weighted by molar-refractivity contribution is 7.80. The van der Waals surface area contributed by atoms with Crippen LogP contribution in [0.1, 0.15) is 11.3 Å². The van der Waals surface area contributed by atoms with E-state index in [1.54, 1.807) is 25.1 Å². The Labute approximate surface area is 160 Å². The molecule has 1 saturated heterocycles. The Kier molecular flexibility index (Phi) is 4.21. The molecule has 6 nitrogen and oxygen atoms in total. The third kappa shape index (κ3) is 2.98. The summed E-state index contributed by atoms with van der Waals surface area (Å²) < 4.78 is 1.45. The van der Waals surface area contributed by atoms with Gasteiger partial charge in [-0.25, -0.2) is 4.68 Å². The Morgan fingerprint density at radius 2 is 1.52 bits per heavy atom. The maximum absolute atomic E-state index is 12.8. The lowest BCUT2D eigenvalue weighted by atomic mass is 10.2. The number of benzene rings is 2. The molecule has 0 saturated carbocycles. The Bertz CT molecular complexity index is 1110. The van der Waals surface area contributed by atoms with Gasteiger partial charge in [-0.2, -0.15) is 0 Å². The van der Waals surface area contributed by atoms with Crippen LogP contribution in [0.4, 0.5) is 5.69 Å². The zero-order valence-electron chi connectivity index (χ0n) is 14.5. The molecule has 27 heavy (non-hydrogen) atoms. The monoisotopic (exact) mass is 376 g/mol. The number of carbonyl (C=O) groups excluding carboxylic acids is 1. The van der Waals surface area contributed by atoms with Crippen LogP contribution in [0, 0.1) is 6.92 Å². The second-order valence-electron chi connectivity index (χ2n) is 6.09. The highest BCUT2D eigenvalue weighted by atomic mass is 32.1. The number of aromatic amines is 1. The number of carbonyl (C=O) groups is 1. The van der Waals surface area contributed by atoms with Gasteiger partial charge in [-0.1, -0.05) is 36.4 Å². The molecule has 0 aliphatic carbocycles. The number of nitrogens with zero attached hydrogens (tertiary/aromatic N) is 2. The van der Waals surface area contributed by atoms with Gasteiger partial charge in [0.2, 0.25) is 0 Å². The van der Waals surface area contributed by atoms with Gasteiger partial charge in [-0.05, 0) is 49.5 Å². The lowest BCUT2D eigenvalue weighted by Gasteiger charge is -2.13. The summed E-state index contributed by atoms with van der Waals surface area (Å²) in [6.07, 6.45) is 1.55. The molecule has 2 heterocycles. The van der Waals surface area contributed by atoms with Crippen LogP contribution in [-0.2, 0) is 4.79 Å². The van der Waals surface area contributed by atoms with Crippen molar-refractivity contribution in [2.75, 3.05) is 4.90 Å². The second-order valence-corrected chi connectivity index (χ2v) is 6.48. The molecule has 0 bridgehead atoms. The fourth-order valence-corrected chi connectivity index (χ4v) is 3.28. The number of aryl methyl sites for hydroxylation is 1. The van der Waals surface area contributed by atoms with E-state index in [1.165, 1.54) is 9.58 Å². The number of thiocarbonyl (C=S) groups is 1. The van der Waals surface area contributed by atoms with E-state index in [0.717, 1.165) is 5.69 Å². The minimum atomic E-state index is -0.294. The minimum absolute atomic E-state index is 0.232. The summed E-state index contributed by atoms with van der Waals surface area (Å²) in [6.45, 7) is 1.79. The molecule has 1 fully saturated rings. The molecule has 4 rings (SSSR count). The molecule has 0 radical (unpaired) electrons. The predicted molar refractivity (Wildman–Crippen MR) is 109 cm³/mol. The van der Waals surface area contributed by atoms with Crippen LogP contribution in [-0.4, -0.2) is 20.8 Å². The van der Waals surface area contributed by atoms with E-state index in [-0.39, 0.29) is 22.3 Å². The molecule has 3 aromatic rings. The SMILES string of the molecule is Cc1[nH]n(-c2ccccc2)c(=O)c1/C=C1\NC(=S)N(c2ccccc2)C1=O. The summed E-state index contributed by atoms with van der Waals surface area (Å²) >= 11 is 5.30. The standard InChI is InChI=1S/C20H16N4O2S/c1-13-16(18(25)24(22-13)15-10-6-3-7-11-15)12-17-19(26)23(20(27)21-17)14-8-4-2-5-9-14/h2-12,22H,1H3,(H,21,27)/b17-12-. The minimum Gasteiger partial charge on any atom is -0.327 e. The summed E-state index contributed by atoms with van der Waals surface area (Å²) in [5.41, 5.74) is 2.51. The number of anilines is 1. The van der Waals surface area contributed by atoms with Gasteiger partial charge in [-0.15, -0.1) is 0 Å². The van der Waals surface area contributed by atoms with Crippen LogP contribution in [0.3, 0.4) is 0 Å². The lowest BCUT2D eigenvalue weighted by Crippen LogP contribution is -2.30. The van der Waals surface area contributed by atoms with Crippen molar-refractivity contribution < 1.29 is 4.79 Å². The zero-order chi connectivity index (χ0) is 19.0. The maximum Gasteiger partial charge on any atom is 0.281 e. The maximum atomic E-state index is 12.8. The van der Waals surface area contributed by atoms with E-state index in [4.69, 9.17) is 12.2 Å². The summed E-state index contributed by atoms with van der Waals surface area (Å²) in [6, 6.07) is 18.4. The van der Waals surface area contributed by atoms with Crippen LogP contribution < -0.4 is 15.8 Å². The molecule has 7 heteroatoms. The van der Waals surface area contributed by atoms with Crippen LogP contribution in [0.5, 0.6) is 0 Å². The number of nitrogens with one attached hydrogen (secondary N) is 2. The van der Waals surface area contributed by atoms with E-state index >= 15 is 0 Å². The molecule has 134 valence electrons. The van der Waals surface area contributed by atoms with Crippen molar-refractivity contribution in [3.63, 3.8) is 0 Å². The quantitative estimate of drug-likeness (QED) is 0.545. The van der Waals surface area contributed by atoms with Crippen molar-refractivity contribution in [2.24, 2.45) is 0 Å². The molecule has 1 aromatic heterocycles. The summed E-state index contributed by atoms with van der Waals surface area (Å²) in [5, 5.41) is 6.24. The molecule has 2 aromatic carbocycles. The lowest BCUT2D eigenvalue weighted by molar-refractivity contribution is -0.113. The first kappa shape index (κ1) is 17.0. The third-order valence-corrected chi connectivity index (χ3v) is 4.60. The van der Waals surface area contributed by atoms with Crippen LogP contribution in [0.2, 0.25) is 0 Å². The summed E-state index contributed by atoms with van der Waals surface area (Å²) in [4.78, 5) is 27.0. The Morgan fingerprint density at radius 1 is 0.926 bits per heavy atom. The summed E-state index contributed by atoms with van der Waals surface area (Å²) in [7, 11) is 0. The van der Waals surface area contributed by atoms with Crippen molar-refractivity contribution in [1.82, 2.24) is 15.1 Å². The average Bonchev–Trinajstić information content (AvgIpc) is 3.13. The van der Waals surface area contributed by atoms with Crippen LogP contribution >= 0.6 is 12.2 Å². The first-order valence-corrected chi connectivity index (χ1v) is 8.76. The topological polar surface area (TPSA) is 70.1 Å². The molecular formula is C20H16N4O2S. The van der Waals surface area contributed by atoms with Crippen LogP contribution in [0.15, 0.2) is 71.2 Å². The number of hydrogen-bond acceptors (Lipinski definition) is 3. The van der Waals surface area contributed by atoms with Crippen molar-refractivity contribution >= 4 is 35.0 Å². The highest BCUT2D eigenvalue weighted by Gasteiger charge is 2.32. The third-order valence-electron chi connectivity index (χ3n) is 4.31. The Morgan fingerprint density at radius 3 is 2.15 bits per heavy atom. The number of rotatable bonds is 3. The number of H-pyrrole nitrogens is 1. The van der Waals surface area contributed by atoms with Crippen molar-refractivity contribution in [3.8, 4) is 5.69 Å². The molecule has 1 aliphatic rings. The molecule has 1 amide bonds. The van der Waals surface area contributed by atoms with Crippen molar-refractivity contribution in [2.45, 2.75) is 6.92 Å². The van der Waals surface area contributed by atoms with Gasteiger partial charge in [-0.3, -0.25) is 19.6 Å². The first-order valence-electron chi connectivity index (χ1n) is 8.35. The normalized spacial score (nSPS) is 15.4. The average molecular weight is 376 g/mol. The van der Waals surface area contributed by atoms with Gasteiger partial charge in [0.05, 0.1) is 16.9 Å². The predicted octanol–water partition coefficient (Wildman–Crippen LogP) is 2.74. The van der Waals surface area contributed by atoms with Gasteiger partial charge < -0.3 is 5.32 Å². The van der Waals surface area contributed by atoms with E-state index < -0.39 is 0 Å². The largest absolute Gasteiger partial charge is 0.327 e. The van der Waals surface area contributed by atoms with Gasteiger partial charge in [0.15, 0.2) is 5.11 Å². The Hall–Kier alpha value is -3.45. The molecule has 0 spiro atoms. The van der Waals surface area contributed by atoms with E-state index in [1.807, 2.05) is 48.5 Å². The van der Waals surface area contributed by atoms with E-state index in [9.17, 15) is 9.59 Å². The van der Waals surface area contributed by atoms with Gasteiger partial charge in [0, 0.05) is 5.69 Å². The number of para-hydroxylation sites is 2. The second kappa shape index (κ2) is 6.69. The number of hydrogen-bond donors (Lipinski definition) is 2. The van der Waals surface area contributed by atoms with Gasteiger partial charge in [0.1, 0.15) is 5.70 Å². The zero-order valence-corrected chi connectivity index (χ0v) is 15.3. The molecule has 2 N–H and O–H groups in total. The molecule has 0 atom stereocenters. The summed E-state index contributed by atoms with van der Waals surface area (Å²) in [5.74, 6) is -0.294.